The Morgan fingerprint density at radius 1 is 1.23 bits per heavy atom. The van der Waals surface area contributed by atoms with Crippen LogP contribution in [0, 0.1) is 0 Å². The number of piperidine rings is 1. The summed E-state index contributed by atoms with van der Waals surface area (Å²) in [4.78, 5) is 16.9. The number of H-pyrrole nitrogens is 1. The molecular formula is C17H19N5. The highest BCUT2D eigenvalue weighted by Crippen LogP contribution is 2.30. The first-order chi connectivity index (χ1) is 10.8. The monoisotopic (exact) mass is 293 g/mol. The molecule has 1 fully saturated rings. The van der Waals surface area contributed by atoms with Gasteiger partial charge in [0.05, 0.1) is 17.6 Å². The van der Waals surface area contributed by atoms with Crippen LogP contribution in [0.2, 0.25) is 0 Å². The second-order valence-corrected chi connectivity index (χ2v) is 6.03. The average molecular weight is 293 g/mol. The number of aromatic amines is 1. The maximum Gasteiger partial charge on any atom is 0.109 e. The lowest BCUT2D eigenvalue weighted by molar-refractivity contribution is 0.371. The molecule has 0 aromatic carbocycles. The predicted octanol–water partition coefficient (Wildman–Crippen LogP) is 2.83. The van der Waals surface area contributed by atoms with Crippen molar-refractivity contribution in [2.24, 2.45) is 0 Å². The van der Waals surface area contributed by atoms with Crippen LogP contribution < -0.4 is 5.32 Å². The Morgan fingerprint density at radius 3 is 3.00 bits per heavy atom. The molecule has 1 aromatic rings. The highest BCUT2D eigenvalue weighted by Gasteiger charge is 2.23. The third-order valence-corrected chi connectivity index (χ3v) is 4.35. The quantitative estimate of drug-likeness (QED) is 0.762. The molecule has 2 N–H and O–H groups in total. The van der Waals surface area contributed by atoms with Crippen molar-refractivity contribution in [1.29, 1.82) is 0 Å². The Balaban J connectivity index is 1.68. The molecular weight excluding hydrogens is 274 g/mol. The van der Waals surface area contributed by atoms with Gasteiger partial charge in [0.25, 0.3) is 0 Å². The lowest BCUT2D eigenvalue weighted by atomic mass is 9.92. The van der Waals surface area contributed by atoms with E-state index in [-0.39, 0.29) is 0 Å². The van der Waals surface area contributed by atoms with E-state index in [0.29, 0.717) is 12.0 Å². The Kier molecular flexibility index (Phi) is 3.35. The Bertz CT molecular complexity index is 736. The van der Waals surface area contributed by atoms with Crippen molar-refractivity contribution in [2.75, 3.05) is 6.54 Å². The van der Waals surface area contributed by atoms with Gasteiger partial charge >= 0.3 is 0 Å². The fraction of sp³-hybridized carbons (Fsp3) is 0.353. The number of fused-ring (bicyclic) bond motifs is 1. The molecule has 4 heterocycles. The van der Waals surface area contributed by atoms with Crippen molar-refractivity contribution in [2.45, 2.75) is 31.7 Å². The highest BCUT2D eigenvalue weighted by molar-refractivity contribution is 5.70. The van der Waals surface area contributed by atoms with Crippen LogP contribution in [0.15, 0.2) is 36.8 Å². The Morgan fingerprint density at radius 2 is 2.18 bits per heavy atom. The maximum atomic E-state index is 4.64. The third kappa shape index (κ3) is 2.48. The Hall–Kier alpha value is -2.27. The van der Waals surface area contributed by atoms with Gasteiger partial charge in [0.2, 0.25) is 0 Å². The number of nitrogens with zero attached hydrogens (tertiary/aromatic N) is 3. The highest BCUT2D eigenvalue weighted by atomic mass is 15.0. The van der Waals surface area contributed by atoms with Crippen molar-refractivity contribution in [3.8, 4) is 22.6 Å². The van der Waals surface area contributed by atoms with Crippen LogP contribution in [0.25, 0.3) is 22.6 Å². The number of pyridine rings is 1. The van der Waals surface area contributed by atoms with Gasteiger partial charge in [-0.15, -0.1) is 0 Å². The predicted molar refractivity (Wildman–Crippen MR) is 85.7 cm³/mol. The molecule has 2 atom stereocenters. The molecule has 0 radical (unpaired) electrons. The summed E-state index contributed by atoms with van der Waals surface area (Å²) in [5.74, 6) is 1.57. The van der Waals surface area contributed by atoms with Gasteiger partial charge in [-0.3, -0.25) is 4.98 Å². The molecule has 0 bridgehead atoms. The summed E-state index contributed by atoms with van der Waals surface area (Å²) in [6, 6.07) is 6.59. The molecule has 1 saturated heterocycles. The van der Waals surface area contributed by atoms with E-state index >= 15 is 0 Å². The molecule has 112 valence electrons. The topological polar surface area (TPSA) is 66.5 Å². The zero-order valence-electron chi connectivity index (χ0n) is 12.6. The van der Waals surface area contributed by atoms with Gasteiger partial charge < -0.3 is 10.3 Å². The van der Waals surface area contributed by atoms with E-state index < -0.39 is 0 Å². The Labute approximate surface area is 129 Å². The molecule has 3 aliphatic heterocycles. The SMILES string of the molecule is CC1CC(c2ncc3nc(-c4cccnc4)cc-3[nH]2)CCN1. The number of nitrogens with one attached hydrogen (secondary N) is 2. The first-order valence-electron chi connectivity index (χ1n) is 7.79. The van der Waals surface area contributed by atoms with Crippen LogP contribution in [-0.4, -0.2) is 32.5 Å². The molecule has 0 saturated carbocycles. The van der Waals surface area contributed by atoms with Crippen molar-refractivity contribution in [3.63, 3.8) is 0 Å². The molecule has 5 nitrogen and oxygen atoms in total. The van der Waals surface area contributed by atoms with Crippen molar-refractivity contribution < 1.29 is 0 Å². The summed E-state index contributed by atoms with van der Waals surface area (Å²) < 4.78 is 0. The summed E-state index contributed by atoms with van der Waals surface area (Å²) in [5.41, 5.74) is 3.93. The van der Waals surface area contributed by atoms with E-state index in [9.17, 15) is 0 Å². The second-order valence-electron chi connectivity index (χ2n) is 6.03. The van der Waals surface area contributed by atoms with Gasteiger partial charge in [-0.05, 0) is 44.5 Å². The van der Waals surface area contributed by atoms with Crippen LogP contribution in [-0.2, 0) is 0 Å². The van der Waals surface area contributed by atoms with E-state index in [2.05, 4.69) is 38.2 Å². The van der Waals surface area contributed by atoms with Crippen molar-refractivity contribution >= 4 is 0 Å². The van der Waals surface area contributed by atoms with E-state index in [1.807, 2.05) is 24.5 Å². The smallest absolute Gasteiger partial charge is 0.109 e. The lowest BCUT2D eigenvalue weighted by Gasteiger charge is -2.27. The van der Waals surface area contributed by atoms with E-state index in [1.54, 1.807) is 6.20 Å². The summed E-state index contributed by atoms with van der Waals surface area (Å²) >= 11 is 0. The zero-order chi connectivity index (χ0) is 14.9. The fourth-order valence-corrected chi connectivity index (χ4v) is 3.18. The van der Waals surface area contributed by atoms with E-state index in [0.717, 1.165) is 47.9 Å². The summed E-state index contributed by atoms with van der Waals surface area (Å²) in [6.07, 6.45) is 7.75. The van der Waals surface area contributed by atoms with Crippen LogP contribution in [0.5, 0.6) is 0 Å². The maximum absolute atomic E-state index is 4.64. The average Bonchev–Trinajstić information content (AvgIpc) is 2.99. The first-order valence-corrected chi connectivity index (χ1v) is 7.79. The summed E-state index contributed by atoms with van der Waals surface area (Å²) in [6.45, 7) is 3.29. The van der Waals surface area contributed by atoms with Gasteiger partial charge in [-0.1, -0.05) is 0 Å². The molecule has 0 aliphatic carbocycles. The van der Waals surface area contributed by atoms with Crippen molar-refractivity contribution in [1.82, 2.24) is 25.3 Å². The zero-order valence-corrected chi connectivity index (χ0v) is 12.6. The molecule has 0 amide bonds. The fourth-order valence-electron chi connectivity index (χ4n) is 3.18. The molecule has 4 rings (SSSR count). The van der Waals surface area contributed by atoms with E-state index in [4.69, 9.17) is 0 Å². The van der Waals surface area contributed by atoms with E-state index in [1.165, 1.54) is 0 Å². The molecule has 5 heteroatoms. The molecule has 22 heavy (non-hydrogen) atoms. The second kappa shape index (κ2) is 5.50. The number of rotatable bonds is 2. The van der Waals surface area contributed by atoms with Crippen LogP contribution >= 0.6 is 0 Å². The summed E-state index contributed by atoms with van der Waals surface area (Å²) in [7, 11) is 0. The van der Waals surface area contributed by atoms with Gasteiger partial charge in [0.1, 0.15) is 11.5 Å². The first kappa shape index (κ1) is 13.4. The van der Waals surface area contributed by atoms with Crippen LogP contribution in [0.4, 0.5) is 0 Å². The van der Waals surface area contributed by atoms with Gasteiger partial charge in [0, 0.05) is 29.9 Å². The van der Waals surface area contributed by atoms with Gasteiger partial charge in [0.15, 0.2) is 0 Å². The van der Waals surface area contributed by atoms with Crippen LogP contribution in [0.1, 0.15) is 31.5 Å². The van der Waals surface area contributed by atoms with Gasteiger partial charge in [-0.2, -0.15) is 0 Å². The van der Waals surface area contributed by atoms with Crippen molar-refractivity contribution in [3.05, 3.63) is 42.6 Å². The summed E-state index contributed by atoms with van der Waals surface area (Å²) in [5, 5.41) is 3.48. The van der Waals surface area contributed by atoms with Gasteiger partial charge in [-0.25, -0.2) is 9.97 Å². The standard InChI is InChI=1S/C17H19N5/c1-11-7-12(4-6-19-11)17-20-10-16-15(22-17)8-14(21-16)13-3-2-5-18-9-13/h2-3,5,8-12,19H,4,6-7H2,1H3,(H,20,22). The number of hydrogen-bond donors (Lipinski definition) is 2. The third-order valence-electron chi connectivity index (χ3n) is 4.35. The molecule has 3 aliphatic rings. The largest absolute Gasteiger partial charge is 0.342 e. The minimum absolute atomic E-state index is 0.498. The normalized spacial score (nSPS) is 22.0. The lowest BCUT2D eigenvalue weighted by Crippen LogP contribution is -2.35. The molecule has 2 unspecified atom stereocenters. The minimum Gasteiger partial charge on any atom is -0.342 e. The minimum atomic E-state index is 0.498. The number of aromatic nitrogens is 4. The molecule has 0 spiro atoms. The number of hydrogen-bond acceptors (Lipinski definition) is 4. The molecule has 1 aromatic heterocycles. The van der Waals surface area contributed by atoms with Crippen LogP contribution in [0.3, 0.4) is 0 Å².